The fourth-order valence-corrected chi connectivity index (χ4v) is 4.74. The summed E-state index contributed by atoms with van der Waals surface area (Å²) in [5, 5.41) is 10.8. The largest absolute Gasteiger partial charge is 0.481 e. The number of benzene rings is 2. The minimum Gasteiger partial charge on any atom is -0.481 e. The van der Waals surface area contributed by atoms with Crippen LogP contribution in [0.1, 0.15) is 49.3 Å². The molecule has 0 saturated carbocycles. The van der Waals surface area contributed by atoms with Gasteiger partial charge in [0.2, 0.25) is 5.91 Å². The number of carboxylic acids is 1. The molecule has 0 fully saturated rings. The number of hydrogen-bond acceptors (Lipinski definition) is 5. The van der Waals surface area contributed by atoms with Gasteiger partial charge in [-0.25, -0.2) is 5.01 Å². The zero-order chi connectivity index (χ0) is 25.1. The van der Waals surface area contributed by atoms with Crippen molar-refractivity contribution in [1.29, 1.82) is 0 Å². The van der Waals surface area contributed by atoms with Crippen LogP contribution in [-0.2, 0) is 9.59 Å². The second kappa shape index (κ2) is 10.3. The lowest BCUT2D eigenvalue weighted by Crippen LogP contribution is -2.40. The van der Waals surface area contributed by atoms with Crippen molar-refractivity contribution < 1.29 is 14.7 Å². The number of anilines is 2. The fourth-order valence-electron chi connectivity index (χ4n) is 4.74. The third-order valence-electron chi connectivity index (χ3n) is 6.65. The molecule has 7 nitrogen and oxygen atoms in total. The molecule has 2 aromatic rings. The van der Waals surface area contributed by atoms with Gasteiger partial charge in [-0.3, -0.25) is 15.0 Å². The molecule has 4 rings (SSSR count). The van der Waals surface area contributed by atoms with Crippen LogP contribution in [0.25, 0.3) is 6.08 Å². The quantitative estimate of drug-likeness (QED) is 0.611. The molecule has 2 aromatic carbocycles. The number of carbonyl (C=O) groups is 2. The van der Waals surface area contributed by atoms with E-state index in [0.29, 0.717) is 0 Å². The van der Waals surface area contributed by atoms with Crippen LogP contribution in [-0.4, -0.2) is 50.2 Å². The molecule has 0 unspecified atom stereocenters. The molecule has 2 N–H and O–H groups in total. The first kappa shape index (κ1) is 24.4. The van der Waals surface area contributed by atoms with Crippen molar-refractivity contribution in [2.45, 2.75) is 38.1 Å². The maximum Gasteiger partial charge on any atom is 0.303 e. The molecule has 0 radical (unpaired) electrons. The van der Waals surface area contributed by atoms with Gasteiger partial charge < -0.3 is 14.9 Å². The van der Waals surface area contributed by atoms with E-state index in [0.717, 1.165) is 47.5 Å². The zero-order valence-electron chi connectivity index (χ0n) is 20.9. The first-order chi connectivity index (χ1) is 16.7. The molecule has 184 valence electrons. The predicted molar refractivity (Wildman–Crippen MR) is 140 cm³/mol. The van der Waals surface area contributed by atoms with Gasteiger partial charge in [-0.2, -0.15) is 0 Å². The second-order valence-electron chi connectivity index (χ2n) is 9.57. The highest BCUT2D eigenvalue weighted by atomic mass is 16.4. The minimum atomic E-state index is -0.969. The van der Waals surface area contributed by atoms with E-state index < -0.39 is 5.97 Å². The molecule has 0 saturated heterocycles. The number of hydrogen-bond donors (Lipinski definition) is 2. The van der Waals surface area contributed by atoms with Crippen molar-refractivity contribution in [1.82, 2.24) is 10.4 Å². The van der Waals surface area contributed by atoms with Crippen LogP contribution >= 0.6 is 0 Å². The average Bonchev–Trinajstić information content (AvgIpc) is 3.23. The van der Waals surface area contributed by atoms with Crippen LogP contribution in [0.4, 0.5) is 11.4 Å². The average molecular weight is 475 g/mol. The van der Waals surface area contributed by atoms with E-state index in [1.807, 2.05) is 33.1 Å². The van der Waals surface area contributed by atoms with Crippen LogP contribution in [0, 0.1) is 0 Å². The predicted octanol–water partition coefficient (Wildman–Crippen LogP) is 4.59. The lowest BCUT2D eigenvalue weighted by atomic mass is 9.85. The minimum absolute atomic E-state index is 0.0414. The molecule has 35 heavy (non-hydrogen) atoms. The number of nitrogens with one attached hydrogen (secondary N) is 1. The molecule has 0 bridgehead atoms. The lowest BCUT2D eigenvalue weighted by molar-refractivity contribution is -0.142. The number of rotatable bonds is 7. The summed E-state index contributed by atoms with van der Waals surface area (Å²) in [5.74, 6) is -1.18. The van der Waals surface area contributed by atoms with E-state index >= 15 is 0 Å². The first-order valence-electron chi connectivity index (χ1n) is 12.0. The van der Waals surface area contributed by atoms with Gasteiger partial charge in [-0.1, -0.05) is 24.3 Å². The Morgan fingerprint density at radius 1 is 0.943 bits per heavy atom. The van der Waals surface area contributed by atoms with Crippen molar-refractivity contribution in [3.63, 3.8) is 0 Å². The van der Waals surface area contributed by atoms with Crippen LogP contribution in [0.3, 0.4) is 0 Å². The number of amides is 1. The van der Waals surface area contributed by atoms with E-state index in [4.69, 9.17) is 5.11 Å². The first-order valence-corrected chi connectivity index (χ1v) is 12.0. The van der Waals surface area contributed by atoms with Crippen LogP contribution in [0.15, 0.2) is 65.4 Å². The molecule has 1 aliphatic heterocycles. The maximum absolute atomic E-state index is 13.2. The van der Waals surface area contributed by atoms with E-state index in [1.54, 1.807) is 5.01 Å². The number of nitrogens with zero attached hydrogens (tertiary/aromatic N) is 3. The Morgan fingerprint density at radius 2 is 1.54 bits per heavy atom. The molecule has 0 spiro atoms. The third-order valence-corrected chi connectivity index (χ3v) is 6.65. The number of carbonyl (C=O) groups excluding carboxylic acids is 1. The van der Waals surface area contributed by atoms with Crippen molar-refractivity contribution in [3.05, 3.63) is 76.5 Å². The molecule has 0 aromatic heterocycles. The van der Waals surface area contributed by atoms with Crippen LogP contribution in [0.2, 0.25) is 0 Å². The molecule has 7 heteroatoms. The summed E-state index contributed by atoms with van der Waals surface area (Å²) in [7, 11) is 8.04. The van der Waals surface area contributed by atoms with Gasteiger partial charge >= 0.3 is 5.97 Å². The van der Waals surface area contributed by atoms with Crippen molar-refractivity contribution in [2.75, 3.05) is 38.0 Å². The lowest BCUT2D eigenvalue weighted by Gasteiger charge is -2.27. The highest BCUT2D eigenvalue weighted by Gasteiger charge is 2.39. The summed E-state index contributed by atoms with van der Waals surface area (Å²) in [6, 6.07) is 16.4. The summed E-state index contributed by atoms with van der Waals surface area (Å²) in [6.07, 6.45) is 4.78. The van der Waals surface area contributed by atoms with Crippen molar-refractivity contribution in [2.24, 2.45) is 0 Å². The Hall–Kier alpha value is -3.74. The summed E-state index contributed by atoms with van der Waals surface area (Å²) in [4.78, 5) is 28.4. The van der Waals surface area contributed by atoms with Gasteiger partial charge in [0.05, 0.1) is 12.1 Å². The number of carboxylic acid groups (broad SMARTS) is 1. The highest BCUT2D eigenvalue weighted by Crippen LogP contribution is 2.44. The van der Waals surface area contributed by atoms with Gasteiger partial charge in [-0.15, -0.1) is 0 Å². The Bertz CT molecular complexity index is 1150. The van der Waals surface area contributed by atoms with Gasteiger partial charge in [0.15, 0.2) is 0 Å². The van der Waals surface area contributed by atoms with Gasteiger partial charge in [0, 0.05) is 46.0 Å². The SMILES string of the molecule is CN(C)c1ccc(/C=C2\CCCC3=C2NN(C(=O)CCC(=O)O)[C@@H]3c2ccc(N(C)C)cc2)cc1. The van der Waals surface area contributed by atoms with Gasteiger partial charge in [0.1, 0.15) is 6.04 Å². The smallest absolute Gasteiger partial charge is 0.303 e. The van der Waals surface area contributed by atoms with Crippen LogP contribution in [0.5, 0.6) is 0 Å². The number of aliphatic carboxylic acids is 1. The molecule has 1 atom stereocenters. The summed E-state index contributed by atoms with van der Waals surface area (Å²) in [6.45, 7) is 0. The maximum atomic E-state index is 13.2. The van der Waals surface area contributed by atoms with Crippen LogP contribution < -0.4 is 15.2 Å². The van der Waals surface area contributed by atoms with E-state index in [2.05, 4.69) is 64.9 Å². The topological polar surface area (TPSA) is 76.1 Å². The summed E-state index contributed by atoms with van der Waals surface area (Å²) in [5.41, 5.74) is 11.1. The zero-order valence-corrected chi connectivity index (χ0v) is 20.9. The summed E-state index contributed by atoms with van der Waals surface area (Å²) >= 11 is 0. The number of allylic oxidation sites excluding steroid dienone is 1. The molecule has 1 amide bonds. The van der Waals surface area contributed by atoms with Crippen molar-refractivity contribution >= 4 is 29.3 Å². The second-order valence-corrected chi connectivity index (χ2v) is 9.57. The monoisotopic (exact) mass is 474 g/mol. The molecular formula is C28H34N4O3. The summed E-state index contributed by atoms with van der Waals surface area (Å²) < 4.78 is 0. The normalized spacial score (nSPS) is 18.3. The van der Waals surface area contributed by atoms with E-state index in [1.165, 1.54) is 11.1 Å². The fraction of sp³-hybridized carbons (Fsp3) is 0.357. The third kappa shape index (κ3) is 5.34. The molecular weight excluding hydrogens is 440 g/mol. The standard InChI is InChI=1S/C28H34N4O3/c1-30(2)22-12-8-19(9-13-22)18-21-6-5-7-24-27(21)29-32(25(33)16-17-26(34)35)28(24)20-10-14-23(15-11-20)31(3)4/h8-15,18,28-29H,5-7,16-17H2,1-4H3,(H,34,35)/b21-18+/t28-/m1/s1. The van der Waals surface area contributed by atoms with E-state index in [9.17, 15) is 9.59 Å². The Labute approximate surface area is 207 Å². The Balaban J connectivity index is 1.70. The highest BCUT2D eigenvalue weighted by molar-refractivity contribution is 5.82. The molecule has 1 aliphatic carbocycles. The Morgan fingerprint density at radius 3 is 2.11 bits per heavy atom. The van der Waals surface area contributed by atoms with E-state index in [-0.39, 0.29) is 24.8 Å². The molecule has 1 heterocycles. The molecule has 2 aliphatic rings. The Kier molecular flexibility index (Phi) is 7.15. The van der Waals surface area contributed by atoms with Crippen molar-refractivity contribution in [3.8, 4) is 0 Å². The number of hydrazine groups is 1. The van der Waals surface area contributed by atoms with Gasteiger partial charge in [0.25, 0.3) is 0 Å². The van der Waals surface area contributed by atoms with Gasteiger partial charge in [-0.05, 0) is 71.9 Å².